The van der Waals surface area contributed by atoms with Crippen molar-refractivity contribution in [2.24, 2.45) is 0 Å². The fourth-order valence-electron chi connectivity index (χ4n) is 2.62. The Kier molecular flexibility index (Phi) is 3.97. The summed E-state index contributed by atoms with van der Waals surface area (Å²) in [6, 6.07) is 11.1. The lowest BCUT2D eigenvalue weighted by Gasteiger charge is -2.37. The number of nitrogens with zero attached hydrogens (tertiary/aromatic N) is 1. The van der Waals surface area contributed by atoms with Crippen LogP contribution in [0.4, 0.5) is 0 Å². The molecule has 1 N–H and O–H groups in total. The van der Waals surface area contributed by atoms with Gasteiger partial charge in [0.2, 0.25) is 0 Å². The van der Waals surface area contributed by atoms with Gasteiger partial charge < -0.3 is 5.11 Å². The third kappa shape index (κ3) is 2.83. The molecule has 2 heteroatoms. The van der Waals surface area contributed by atoms with Crippen LogP contribution >= 0.6 is 0 Å². The molecule has 2 atom stereocenters. The van der Waals surface area contributed by atoms with Gasteiger partial charge in [-0.05, 0) is 31.7 Å². The van der Waals surface area contributed by atoms with Crippen molar-refractivity contribution in [3.63, 3.8) is 0 Å². The van der Waals surface area contributed by atoms with Crippen LogP contribution in [0.5, 0.6) is 0 Å². The van der Waals surface area contributed by atoms with Gasteiger partial charge in [-0.25, -0.2) is 0 Å². The topological polar surface area (TPSA) is 23.5 Å². The van der Waals surface area contributed by atoms with Crippen LogP contribution < -0.4 is 0 Å². The van der Waals surface area contributed by atoms with Crippen LogP contribution in [0.1, 0.15) is 31.7 Å². The van der Waals surface area contributed by atoms with E-state index in [0.29, 0.717) is 6.04 Å². The Balaban J connectivity index is 2.01. The van der Waals surface area contributed by atoms with E-state index in [1.807, 2.05) is 6.92 Å². The van der Waals surface area contributed by atoms with Crippen molar-refractivity contribution in [3.05, 3.63) is 35.9 Å². The zero-order chi connectivity index (χ0) is 11.4. The Morgan fingerprint density at radius 3 is 2.75 bits per heavy atom. The van der Waals surface area contributed by atoms with Gasteiger partial charge in [0.1, 0.15) is 6.23 Å². The second kappa shape index (κ2) is 5.46. The first-order chi connectivity index (χ1) is 7.77. The van der Waals surface area contributed by atoms with E-state index >= 15 is 0 Å². The first-order valence-electron chi connectivity index (χ1n) is 6.25. The fourth-order valence-corrected chi connectivity index (χ4v) is 2.62. The summed E-state index contributed by atoms with van der Waals surface area (Å²) in [6.07, 6.45) is 4.47. The van der Waals surface area contributed by atoms with E-state index in [9.17, 15) is 5.11 Å². The molecular weight excluding hydrogens is 198 g/mol. The zero-order valence-corrected chi connectivity index (χ0v) is 9.97. The van der Waals surface area contributed by atoms with E-state index in [1.54, 1.807) is 0 Å². The number of likely N-dealkylation sites (tertiary alicyclic amines) is 1. The Bertz CT molecular complexity index is 310. The average molecular weight is 219 g/mol. The molecule has 1 aromatic rings. The number of hydrogen-bond donors (Lipinski definition) is 1. The van der Waals surface area contributed by atoms with Crippen molar-refractivity contribution in [3.8, 4) is 0 Å². The quantitative estimate of drug-likeness (QED) is 0.844. The summed E-state index contributed by atoms with van der Waals surface area (Å²) < 4.78 is 0. The maximum atomic E-state index is 9.75. The second-order valence-corrected chi connectivity index (χ2v) is 4.71. The molecule has 0 bridgehead atoms. The number of rotatable bonds is 3. The van der Waals surface area contributed by atoms with Crippen molar-refractivity contribution >= 4 is 0 Å². The maximum Gasteiger partial charge on any atom is 0.104 e. The van der Waals surface area contributed by atoms with E-state index in [2.05, 4.69) is 35.2 Å². The molecule has 2 rings (SSSR count). The van der Waals surface area contributed by atoms with Crippen molar-refractivity contribution < 1.29 is 5.11 Å². The first kappa shape index (κ1) is 11.6. The normalized spacial score (nSPS) is 24.2. The summed E-state index contributed by atoms with van der Waals surface area (Å²) in [7, 11) is 0. The van der Waals surface area contributed by atoms with Crippen molar-refractivity contribution in [2.75, 3.05) is 6.54 Å². The highest BCUT2D eigenvalue weighted by Gasteiger charge is 2.25. The molecule has 1 aromatic carbocycles. The van der Waals surface area contributed by atoms with Crippen LogP contribution in [0.25, 0.3) is 0 Å². The molecule has 2 unspecified atom stereocenters. The molecule has 1 heterocycles. The molecule has 0 aliphatic carbocycles. The van der Waals surface area contributed by atoms with Gasteiger partial charge in [0.05, 0.1) is 0 Å². The van der Waals surface area contributed by atoms with Crippen molar-refractivity contribution in [2.45, 2.75) is 44.9 Å². The molecule has 0 aromatic heterocycles. The van der Waals surface area contributed by atoms with E-state index in [-0.39, 0.29) is 6.23 Å². The summed E-state index contributed by atoms with van der Waals surface area (Å²) in [5.74, 6) is 0. The summed E-state index contributed by atoms with van der Waals surface area (Å²) in [5, 5.41) is 9.75. The van der Waals surface area contributed by atoms with Crippen LogP contribution in [0.2, 0.25) is 0 Å². The SMILES string of the molecule is CC(O)N1CCCCC1Cc1ccccc1. The van der Waals surface area contributed by atoms with Gasteiger partial charge in [0, 0.05) is 12.6 Å². The molecule has 0 radical (unpaired) electrons. The minimum atomic E-state index is -0.311. The Morgan fingerprint density at radius 2 is 2.06 bits per heavy atom. The Labute approximate surface area is 97.9 Å². The Hall–Kier alpha value is -0.860. The van der Waals surface area contributed by atoms with E-state index < -0.39 is 0 Å². The number of aliphatic hydroxyl groups is 1. The lowest BCUT2D eigenvalue weighted by Crippen LogP contribution is -2.46. The molecule has 1 saturated heterocycles. The van der Waals surface area contributed by atoms with Gasteiger partial charge in [-0.15, -0.1) is 0 Å². The average Bonchev–Trinajstić information content (AvgIpc) is 2.31. The molecule has 1 fully saturated rings. The number of piperidine rings is 1. The number of aliphatic hydroxyl groups excluding tert-OH is 1. The molecule has 1 aliphatic heterocycles. The van der Waals surface area contributed by atoms with Crippen molar-refractivity contribution in [1.82, 2.24) is 4.90 Å². The number of benzene rings is 1. The van der Waals surface area contributed by atoms with Gasteiger partial charge in [0.25, 0.3) is 0 Å². The van der Waals surface area contributed by atoms with Crippen molar-refractivity contribution in [1.29, 1.82) is 0 Å². The molecule has 16 heavy (non-hydrogen) atoms. The summed E-state index contributed by atoms with van der Waals surface area (Å²) in [5.41, 5.74) is 1.38. The maximum absolute atomic E-state index is 9.75. The van der Waals surface area contributed by atoms with Gasteiger partial charge in [-0.2, -0.15) is 0 Å². The van der Waals surface area contributed by atoms with E-state index in [4.69, 9.17) is 0 Å². The van der Waals surface area contributed by atoms with Crippen LogP contribution in [0, 0.1) is 0 Å². The summed E-state index contributed by atoms with van der Waals surface area (Å²) in [6.45, 7) is 2.92. The monoisotopic (exact) mass is 219 g/mol. The van der Waals surface area contributed by atoms with Gasteiger partial charge in [-0.3, -0.25) is 4.90 Å². The third-order valence-corrected chi connectivity index (χ3v) is 3.47. The molecule has 2 nitrogen and oxygen atoms in total. The lowest BCUT2D eigenvalue weighted by molar-refractivity contribution is -0.0278. The zero-order valence-electron chi connectivity index (χ0n) is 9.97. The predicted octanol–water partition coefficient (Wildman–Crippen LogP) is 2.42. The van der Waals surface area contributed by atoms with Gasteiger partial charge in [0.15, 0.2) is 0 Å². The predicted molar refractivity (Wildman–Crippen MR) is 66.2 cm³/mol. The highest BCUT2D eigenvalue weighted by molar-refractivity contribution is 5.16. The van der Waals surface area contributed by atoms with Gasteiger partial charge >= 0.3 is 0 Å². The highest BCUT2D eigenvalue weighted by atomic mass is 16.3. The van der Waals surface area contributed by atoms with E-state index in [1.165, 1.54) is 24.8 Å². The molecule has 0 saturated carbocycles. The third-order valence-electron chi connectivity index (χ3n) is 3.47. The minimum Gasteiger partial charge on any atom is -0.379 e. The highest BCUT2D eigenvalue weighted by Crippen LogP contribution is 2.22. The summed E-state index contributed by atoms with van der Waals surface area (Å²) >= 11 is 0. The molecule has 0 amide bonds. The smallest absolute Gasteiger partial charge is 0.104 e. The van der Waals surface area contributed by atoms with E-state index in [0.717, 1.165) is 13.0 Å². The van der Waals surface area contributed by atoms with Crippen LogP contribution in [0.15, 0.2) is 30.3 Å². The lowest BCUT2D eigenvalue weighted by atomic mass is 9.95. The first-order valence-corrected chi connectivity index (χ1v) is 6.25. The second-order valence-electron chi connectivity index (χ2n) is 4.71. The van der Waals surface area contributed by atoms with Crippen LogP contribution in [-0.2, 0) is 6.42 Å². The number of hydrogen-bond acceptors (Lipinski definition) is 2. The summed E-state index contributed by atoms with van der Waals surface area (Å²) in [4.78, 5) is 2.23. The molecule has 0 spiro atoms. The molecule has 88 valence electrons. The Morgan fingerprint density at radius 1 is 1.31 bits per heavy atom. The standard InChI is InChI=1S/C14H21NO/c1-12(16)15-10-6-5-9-14(15)11-13-7-3-2-4-8-13/h2-4,7-8,12,14,16H,5-6,9-11H2,1H3. The largest absolute Gasteiger partial charge is 0.379 e. The fraction of sp³-hybridized carbons (Fsp3) is 0.571. The molecular formula is C14H21NO. The molecule has 1 aliphatic rings. The van der Waals surface area contributed by atoms with Crippen LogP contribution in [0.3, 0.4) is 0 Å². The minimum absolute atomic E-state index is 0.311. The van der Waals surface area contributed by atoms with Crippen LogP contribution in [-0.4, -0.2) is 28.8 Å². The van der Waals surface area contributed by atoms with Gasteiger partial charge in [-0.1, -0.05) is 36.8 Å².